The lowest BCUT2D eigenvalue weighted by Crippen LogP contribution is -2.49. The van der Waals surface area contributed by atoms with Crippen LogP contribution < -0.4 is 10.6 Å². The van der Waals surface area contributed by atoms with Gasteiger partial charge in [-0.2, -0.15) is 0 Å². The van der Waals surface area contributed by atoms with Gasteiger partial charge in [0.1, 0.15) is 5.75 Å². The lowest BCUT2D eigenvalue weighted by molar-refractivity contribution is -0.00747. The second kappa shape index (κ2) is 3.63. The SMILES string of the molecule is O=C1Nc2c(O)cccc2C2(CCCNC2)O1. The Labute approximate surface area is 98.8 Å². The Balaban J connectivity index is 2.13. The van der Waals surface area contributed by atoms with Gasteiger partial charge >= 0.3 is 6.09 Å². The van der Waals surface area contributed by atoms with Crippen molar-refractivity contribution in [1.29, 1.82) is 0 Å². The number of hydrogen-bond acceptors (Lipinski definition) is 4. The van der Waals surface area contributed by atoms with Crippen LogP contribution in [0.5, 0.6) is 5.75 Å². The number of amides is 1. The highest BCUT2D eigenvalue weighted by Crippen LogP contribution is 2.43. The van der Waals surface area contributed by atoms with Crippen molar-refractivity contribution in [3.05, 3.63) is 23.8 Å². The van der Waals surface area contributed by atoms with Crippen LogP contribution in [0, 0.1) is 0 Å². The van der Waals surface area contributed by atoms with Crippen molar-refractivity contribution >= 4 is 11.8 Å². The van der Waals surface area contributed by atoms with E-state index in [1.807, 2.05) is 6.07 Å². The maximum atomic E-state index is 11.6. The fourth-order valence-corrected chi connectivity index (χ4v) is 2.61. The van der Waals surface area contributed by atoms with Gasteiger partial charge < -0.3 is 15.2 Å². The Hall–Kier alpha value is -1.75. The number of benzene rings is 1. The Bertz CT molecular complexity index is 467. The van der Waals surface area contributed by atoms with E-state index in [4.69, 9.17) is 4.74 Å². The van der Waals surface area contributed by atoms with Gasteiger partial charge in [-0.25, -0.2) is 4.79 Å². The zero-order chi connectivity index (χ0) is 11.9. The van der Waals surface area contributed by atoms with Gasteiger partial charge in [-0.3, -0.25) is 5.32 Å². The Morgan fingerprint density at radius 1 is 1.41 bits per heavy atom. The van der Waals surface area contributed by atoms with Crippen LogP contribution in [-0.4, -0.2) is 24.3 Å². The van der Waals surface area contributed by atoms with E-state index in [1.54, 1.807) is 12.1 Å². The molecule has 5 heteroatoms. The van der Waals surface area contributed by atoms with E-state index in [-0.39, 0.29) is 5.75 Å². The van der Waals surface area contributed by atoms with Gasteiger partial charge in [-0.05, 0) is 25.5 Å². The normalized spacial score (nSPS) is 27.2. The fourth-order valence-electron chi connectivity index (χ4n) is 2.61. The summed E-state index contributed by atoms with van der Waals surface area (Å²) in [6.07, 6.45) is 1.23. The lowest BCUT2D eigenvalue weighted by Gasteiger charge is -2.41. The predicted octanol–water partition coefficient (Wildman–Crippen LogP) is 1.53. The maximum absolute atomic E-state index is 11.6. The molecule has 17 heavy (non-hydrogen) atoms. The molecule has 3 N–H and O–H groups in total. The zero-order valence-electron chi connectivity index (χ0n) is 9.32. The number of piperidine rings is 1. The Kier molecular flexibility index (Phi) is 2.22. The average Bonchev–Trinajstić information content (AvgIpc) is 2.32. The smallest absolute Gasteiger partial charge is 0.412 e. The number of aromatic hydroxyl groups is 1. The predicted molar refractivity (Wildman–Crippen MR) is 62.0 cm³/mol. The molecule has 2 aliphatic rings. The Morgan fingerprint density at radius 3 is 3.06 bits per heavy atom. The van der Waals surface area contributed by atoms with Crippen molar-refractivity contribution < 1.29 is 14.6 Å². The second-order valence-corrected chi connectivity index (χ2v) is 4.49. The number of carbonyl (C=O) groups excluding carboxylic acids is 1. The van der Waals surface area contributed by atoms with Gasteiger partial charge in [-0.15, -0.1) is 0 Å². The van der Waals surface area contributed by atoms with Crippen molar-refractivity contribution in [2.24, 2.45) is 0 Å². The van der Waals surface area contributed by atoms with Crippen LogP contribution in [0.25, 0.3) is 0 Å². The van der Waals surface area contributed by atoms with Crippen molar-refractivity contribution in [2.75, 3.05) is 18.4 Å². The summed E-state index contributed by atoms with van der Waals surface area (Å²) in [7, 11) is 0. The molecule has 0 radical (unpaired) electrons. The van der Waals surface area contributed by atoms with Crippen molar-refractivity contribution in [2.45, 2.75) is 18.4 Å². The molecule has 1 saturated heterocycles. The molecule has 5 nitrogen and oxygen atoms in total. The summed E-state index contributed by atoms with van der Waals surface area (Å²) >= 11 is 0. The molecule has 1 atom stereocenters. The first-order chi connectivity index (χ1) is 8.21. The van der Waals surface area contributed by atoms with Gasteiger partial charge in [0.05, 0.1) is 5.69 Å². The summed E-state index contributed by atoms with van der Waals surface area (Å²) in [6, 6.07) is 5.22. The molecule has 1 amide bonds. The van der Waals surface area contributed by atoms with E-state index in [1.165, 1.54) is 0 Å². The topological polar surface area (TPSA) is 70.6 Å². The maximum Gasteiger partial charge on any atom is 0.412 e. The molecule has 0 bridgehead atoms. The summed E-state index contributed by atoms with van der Waals surface area (Å²) in [4.78, 5) is 11.6. The Morgan fingerprint density at radius 2 is 2.29 bits per heavy atom. The highest BCUT2D eigenvalue weighted by Gasteiger charge is 2.43. The number of anilines is 1. The molecule has 0 aliphatic carbocycles. The van der Waals surface area contributed by atoms with Crippen molar-refractivity contribution in [3.8, 4) is 5.75 Å². The minimum Gasteiger partial charge on any atom is -0.506 e. The number of nitrogens with one attached hydrogen (secondary N) is 2. The molecule has 1 fully saturated rings. The first-order valence-electron chi connectivity index (χ1n) is 5.74. The number of phenolic OH excluding ortho intramolecular Hbond substituents is 1. The first kappa shape index (κ1) is 10.4. The molecule has 1 spiro atoms. The van der Waals surface area contributed by atoms with Crippen LogP contribution in [0.15, 0.2) is 18.2 Å². The molecule has 2 aliphatic heterocycles. The minimum atomic E-state index is -0.630. The third-order valence-electron chi connectivity index (χ3n) is 3.39. The largest absolute Gasteiger partial charge is 0.506 e. The summed E-state index contributed by atoms with van der Waals surface area (Å²) < 4.78 is 5.47. The molecule has 1 aromatic carbocycles. The molecule has 1 unspecified atom stereocenters. The van der Waals surface area contributed by atoms with Crippen molar-refractivity contribution in [3.63, 3.8) is 0 Å². The molecule has 2 heterocycles. The number of phenols is 1. The molecule has 0 saturated carbocycles. The van der Waals surface area contributed by atoms with E-state index < -0.39 is 11.7 Å². The third-order valence-corrected chi connectivity index (χ3v) is 3.39. The van der Waals surface area contributed by atoms with Crippen LogP contribution in [0.4, 0.5) is 10.5 Å². The number of carbonyl (C=O) groups is 1. The summed E-state index contributed by atoms with van der Waals surface area (Å²) in [5, 5.41) is 15.6. The zero-order valence-corrected chi connectivity index (χ0v) is 9.32. The van der Waals surface area contributed by atoms with Gasteiger partial charge in [0.15, 0.2) is 5.60 Å². The van der Waals surface area contributed by atoms with Gasteiger partial charge in [-0.1, -0.05) is 12.1 Å². The molecule has 90 valence electrons. The van der Waals surface area contributed by atoms with Crippen LogP contribution >= 0.6 is 0 Å². The third kappa shape index (κ3) is 1.54. The van der Waals surface area contributed by atoms with Gasteiger partial charge in [0.25, 0.3) is 0 Å². The monoisotopic (exact) mass is 234 g/mol. The van der Waals surface area contributed by atoms with Crippen LogP contribution in [0.1, 0.15) is 18.4 Å². The molecule has 0 aromatic heterocycles. The molecular weight excluding hydrogens is 220 g/mol. The first-order valence-corrected chi connectivity index (χ1v) is 5.74. The lowest BCUT2D eigenvalue weighted by atomic mass is 9.84. The van der Waals surface area contributed by atoms with E-state index in [9.17, 15) is 9.90 Å². The minimum absolute atomic E-state index is 0.0871. The van der Waals surface area contributed by atoms with E-state index in [0.29, 0.717) is 12.2 Å². The fraction of sp³-hybridized carbons (Fsp3) is 0.417. The van der Waals surface area contributed by atoms with Crippen LogP contribution in [0.3, 0.4) is 0 Å². The summed E-state index contributed by atoms with van der Waals surface area (Å²) in [5.41, 5.74) is 0.700. The van der Waals surface area contributed by atoms with Gasteiger partial charge in [0.2, 0.25) is 0 Å². The average molecular weight is 234 g/mol. The molecule has 3 rings (SSSR count). The number of rotatable bonds is 0. The standard InChI is InChI=1S/C12H14N2O3/c15-9-4-1-3-8-10(9)14-11(16)17-12(8)5-2-6-13-7-12/h1,3-4,13,15H,2,5-7H2,(H,14,16). The van der Waals surface area contributed by atoms with Crippen molar-refractivity contribution in [1.82, 2.24) is 5.32 Å². The number of para-hydroxylation sites is 1. The van der Waals surface area contributed by atoms with E-state index in [0.717, 1.165) is 24.9 Å². The highest BCUT2D eigenvalue weighted by atomic mass is 16.6. The van der Waals surface area contributed by atoms with Crippen LogP contribution in [0.2, 0.25) is 0 Å². The molecular formula is C12H14N2O3. The number of fused-ring (bicyclic) bond motifs is 2. The summed E-state index contributed by atoms with van der Waals surface area (Å²) in [5.74, 6) is 0.0871. The van der Waals surface area contributed by atoms with Crippen LogP contribution in [-0.2, 0) is 10.3 Å². The highest BCUT2D eigenvalue weighted by molar-refractivity contribution is 5.91. The van der Waals surface area contributed by atoms with E-state index >= 15 is 0 Å². The molecule has 1 aromatic rings. The second-order valence-electron chi connectivity index (χ2n) is 4.49. The number of ether oxygens (including phenoxy) is 1. The quantitative estimate of drug-likeness (QED) is 0.595. The summed E-state index contributed by atoms with van der Waals surface area (Å²) in [6.45, 7) is 1.53. The number of hydrogen-bond donors (Lipinski definition) is 3. The van der Waals surface area contributed by atoms with E-state index in [2.05, 4.69) is 10.6 Å². The van der Waals surface area contributed by atoms with Gasteiger partial charge in [0, 0.05) is 12.1 Å².